The average molecular weight is 661 g/mol. The molecule has 12 rings (SSSR count). The first-order chi connectivity index (χ1) is 36.5. The van der Waals surface area contributed by atoms with E-state index in [1.807, 2.05) is 0 Å². The molecule has 3 heterocycles. The second-order valence-electron chi connectivity index (χ2n) is 11.5. The largest absolute Gasteiger partial charge is 0.309 e. The lowest BCUT2D eigenvalue weighted by atomic mass is 9.94. The number of hydrogen-bond donors (Lipinski definition) is 0. The van der Waals surface area contributed by atoms with Gasteiger partial charge in [-0.05, 0) is 91.8 Å². The lowest BCUT2D eigenvalue weighted by Crippen LogP contribution is -1.94. The van der Waals surface area contributed by atoms with Crippen LogP contribution in [0.3, 0.4) is 0 Å². The zero-order valence-electron chi connectivity index (χ0n) is 52.9. The number of fused-ring (bicyclic) bond motifs is 15. The highest BCUT2D eigenvalue weighted by Gasteiger charge is 2.19. The molecule has 3 aromatic heterocycles. The Kier molecular flexibility index (Phi) is 2.18. The van der Waals surface area contributed by atoms with Crippen molar-refractivity contribution in [2.24, 2.45) is 0 Å². The van der Waals surface area contributed by atoms with Crippen LogP contribution in [-0.2, 0) is 0 Å². The Labute approximate surface area is 326 Å². The van der Waals surface area contributed by atoms with Crippen LogP contribution in [0.1, 0.15) is 38.4 Å². The van der Waals surface area contributed by atoms with E-state index >= 15 is 0 Å². The molecule has 0 amide bonds. The number of aromatic nitrogens is 2. The van der Waals surface area contributed by atoms with E-state index in [0.29, 0.717) is 0 Å². The topological polar surface area (TPSA) is 9.34 Å². The molecular formula is C48H28N2. The van der Waals surface area contributed by atoms with Crippen LogP contribution < -0.4 is 0 Å². The molecule has 0 bridgehead atoms. The molecule has 50 heavy (non-hydrogen) atoms. The summed E-state index contributed by atoms with van der Waals surface area (Å²) in [7, 11) is 0. The Balaban J connectivity index is 1.30. The zero-order valence-corrected chi connectivity index (χ0v) is 24.9. The molecule has 0 saturated carbocycles. The van der Waals surface area contributed by atoms with E-state index in [-0.39, 0.29) is 38.1 Å². The molecule has 0 aliphatic rings. The maximum Gasteiger partial charge on any atom is 0.0652 e. The van der Waals surface area contributed by atoms with E-state index in [0.717, 1.165) is 8.97 Å². The van der Waals surface area contributed by atoms with Gasteiger partial charge >= 0.3 is 0 Å². The van der Waals surface area contributed by atoms with Crippen molar-refractivity contribution in [1.29, 1.82) is 0 Å². The molecule has 230 valence electrons. The van der Waals surface area contributed by atoms with Gasteiger partial charge in [-0.15, -0.1) is 0 Å². The molecule has 2 nitrogen and oxygen atoms in total. The van der Waals surface area contributed by atoms with E-state index < -0.39 is 240 Å². The third-order valence-corrected chi connectivity index (χ3v) is 9.04. The summed E-state index contributed by atoms with van der Waals surface area (Å²) in [6.07, 6.45) is 0. The Hall–Kier alpha value is -6.64. The maximum atomic E-state index is 9.96. The van der Waals surface area contributed by atoms with Crippen LogP contribution in [0.15, 0.2) is 169 Å². The summed E-state index contributed by atoms with van der Waals surface area (Å²) >= 11 is 0. The van der Waals surface area contributed by atoms with Gasteiger partial charge < -0.3 is 8.97 Å². The van der Waals surface area contributed by atoms with Crippen molar-refractivity contribution in [3.63, 3.8) is 0 Å². The monoisotopic (exact) mass is 660 g/mol. The Morgan fingerprint density at radius 3 is 1.42 bits per heavy atom. The van der Waals surface area contributed by atoms with E-state index in [9.17, 15) is 15.1 Å². The lowest BCUT2D eigenvalue weighted by molar-refractivity contribution is 1.19. The minimum absolute atomic E-state index is 0.164. The van der Waals surface area contributed by atoms with Gasteiger partial charge in [0, 0.05) is 38.0 Å². The first-order valence-electron chi connectivity index (χ1n) is 29.1. The van der Waals surface area contributed by atoms with Crippen molar-refractivity contribution in [2.45, 2.75) is 0 Å². The molecule has 12 aromatic rings. The van der Waals surface area contributed by atoms with Gasteiger partial charge in [0.2, 0.25) is 0 Å². The normalized spacial score (nSPS) is 20.2. The van der Waals surface area contributed by atoms with Crippen LogP contribution in [0.25, 0.3) is 109 Å². The predicted molar refractivity (Wildman–Crippen MR) is 213 cm³/mol. The van der Waals surface area contributed by atoms with Gasteiger partial charge in [-0.25, -0.2) is 0 Å². The van der Waals surface area contributed by atoms with Crippen molar-refractivity contribution in [1.82, 2.24) is 8.97 Å². The van der Waals surface area contributed by atoms with Crippen LogP contribution in [0.5, 0.6) is 0 Å². The zero-order chi connectivity index (χ0) is 56.9. The molecule has 0 radical (unpaired) electrons. The Bertz CT molecular complexity index is 4950. The van der Waals surface area contributed by atoms with Gasteiger partial charge in [0.15, 0.2) is 0 Å². The van der Waals surface area contributed by atoms with Crippen LogP contribution >= 0.6 is 0 Å². The van der Waals surface area contributed by atoms with E-state index in [1.165, 1.54) is 0 Å². The summed E-state index contributed by atoms with van der Waals surface area (Å²) < 4.78 is 257. The molecule has 0 N–H and O–H groups in total. The molecule has 0 spiro atoms. The summed E-state index contributed by atoms with van der Waals surface area (Å²) in [4.78, 5) is 0. The molecular weight excluding hydrogens is 605 g/mol. The van der Waals surface area contributed by atoms with E-state index in [2.05, 4.69) is 0 Å². The Morgan fingerprint density at radius 1 is 0.300 bits per heavy atom. The van der Waals surface area contributed by atoms with Crippen LogP contribution in [-0.4, -0.2) is 8.97 Å². The van der Waals surface area contributed by atoms with Gasteiger partial charge in [-0.3, -0.25) is 0 Å². The molecule has 9 aromatic carbocycles. The van der Waals surface area contributed by atoms with Gasteiger partial charge in [-0.2, -0.15) is 0 Å². The highest BCUT2D eigenvalue weighted by atomic mass is 15.0. The lowest BCUT2D eigenvalue weighted by Gasteiger charge is -2.14. The molecule has 0 saturated heterocycles. The van der Waals surface area contributed by atoms with Gasteiger partial charge in [0.1, 0.15) is 0 Å². The number of rotatable bonds is 2. The summed E-state index contributed by atoms with van der Waals surface area (Å²) in [5.41, 5.74) is -4.43. The molecule has 0 aliphatic heterocycles. The molecule has 0 aliphatic carbocycles. The van der Waals surface area contributed by atoms with E-state index in [1.54, 1.807) is 0 Å². The second kappa shape index (κ2) is 9.49. The number of benzene rings is 9. The Morgan fingerprint density at radius 2 is 0.740 bits per heavy atom. The van der Waals surface area contributed by atoms with Crippen molar-refractivity contribution in [3.05, 3.63) is 169 Å². The first-order valence-corrected chi connectivity index (χ1v) is 15.1. The van der Waals surface area contributed by atoms with Crippen LogP contribution in [0.2, 0.25) is 0 Å². The maximum absolute atomic E-state index is 9.96. The average Bonchev–Trinajstić information content (AvgIpc) is 4.13. The fourth-order valence-electron chi connectivity index (χ4n) is 6.97. The molecule has 0 fully saturated rings. The van der Waals surface area contributed by atoms with Crippen molar-refractivity contribution >= 4 is 92.2 Å². The van der Waals surface area contributed by atoms with Gasteiger partial charge in [-0.1, -0.05) is 121 Å². The predicted octanol–water partition coefficient (Wildman–Crippen LogP) is 13.1. The van der Waals surface area contributed by atoms with Crippen molar-refractivity contribution < 1.29 is 38.4 Å². The fourth-order valence-corrected chi connectivity index (χ4v) is 6.97. The minimum atomic E-state index is -1.00. The highest BCUT2D eigenvalue weighted by molar-refractivity contribution is 6.26. The van der Waals surface area contributed by atoms with Crippen molar-refractivity contribution in [3.8, 4) is 16.8 Å². The first kappa shape index (κ1) is 11.5. The third kappa shape index (κ3) is 3.32. The molecule has 2 heteroatoms. The van der Waals surface area contributed by atoms with Crippen LogP contribution in [0, 0.1) is 0 Å². The number of nitrogens with zero attached hydrogens (tertiary/aromatic N) is 2. The summed E-state index contributed by atoms with van der Waals surface area (Å²) in [6, 6.07) is -23.1. The van der Waals surface area contributed by atoms with Gasteiger partial charge in [0.25, 0.3) is 0 Å². The summed E-state index contributed by atoms with van der Waals surface area (Å²) in [5.74, 6) is 0. The summed E-state index contributed by atoms with van der Waals surface area (Å²) in [5, 5.41) is -5.44. The summed E-state index contributed by atoms with van der Waals surface area (Å²) in [6.45, 7) is 0. The highest BCUT2D eigenvalue weighted by Crippen LogP contribution is 2.42. The standard InChI is InChI=1S/C48H28N2/c1-2-12-34-32(10-1)33-11-3-4-13-35(33)41-28-31(22-23-36(34)41)49-44-18-7-6-15-38(44)42-26-29(20-24-46(42)49)30-21-25-47-43(27-30)40-17-9-16-39-37-14-5-8-19-45(37)50(47)48(39)40/h1-28H/i1D,2D,3D,4D,5D,6D,7D,8D,9D,10D,11D,12D,13D,14D,15D,16D,17D,18D,19D,20D,21D,22D,23D,24D,25D,26D,27D,28D. The second-order valence-corrected chi connectivity index (χ2v) is 11.5. The quantitative estimate of drug-likeness (QED) is 0.163. The van der Waals surface area contributed by atoms with Gasteiger partial charge in [0.05, 0.1) is 66.0 Å². The number of hydrogen-bond acceptors (Lipinski definition) is 0. The van der Waals surface area contributed by atoms with E-state index in [4.69, 9.17) is 23.3 Å². The number of para-hydroxylation sites is 3. The van der Waals surface area contributed by atoms with Crippen molar-refractivity contribution in [2.75, 3.05) is 0 Å². The SMILES string of the molecule is [2H]c1c([2H])c([2H])c2c(c1[2H])c1c([2H])c([2H])c([2H])c([2H])c1c1c([2H])c(-n3c4c([2H])c([2H])c([2H])c([2H])c4c4c([2H])c(-c5c([2H])c([2H])c6c(c5[2H])c5c([2H])c([2H])c([2H])c7c8c([2H])c([2H])c([2H])c([2H])c8n6c75)c([2H])c([2H])c43)c([2H])c([2H])c21. The molecule has 0 atom stereocenters. The van der Waals surface area contributed by atoms with Crippen LogP contribution in [0.4, 0.5) is 0 Å². The minimum Gasteiger partial charge on any atom is -0.309 e. The smallest absolute Gasteiger partial charge is 0.0652 e. The third-order valence-electron chi connectivity index (χ3n) is 9.04. The molecule has 0 unspecified atom stereocenters. The fraction of sp³-hybridized carbons (Fsp3) is 0.